The Hall–Kier alpha value is -1.54. The molecule has 2 rings (SSSR count). The van der Waals surface area contributed by atoms with Crippen molar-refractivity contribution in [3.05, 3.63) is 48.2 Å². The van der Waals surface area contributed by atoms with Gasteiger partial charge in [-0.2, -0.15) is 0 Å². The molecule has 0 aromatic heterocycles. The number of hydrogen-bond acceptors (Lipinski definition) is 1. The first-order valence-electron chi connectivity index (χ1n) is 4.66. The molecule has 0 aliphatic carbocycles. The monoisotopic (exact) mass is 186 g/mol. The summed E-state index contributed by atoms with van der Waals surface area (Å²) in [6, 6.07) is 14.1. The van der Waals surface area contributed by atoms with E-state index in [2.05, 4.69) is 12.1 Å². The average molecular weight is 186 g/mol. The summed E-state index contributed by atoms with van der Waals surface area (Å²) in [5, 5.41) is 2.39. The first-order valence-corrected chi connectivity index (χ1v) is 4.66. The van der Waals surface area contributed by atoms with Gasteiger partial charge in [-0.3, -0.25) is 0 Å². The number of benzene rings is 2. The van der Waals surface area contributed by atoms with E-state index in [4.69, 9.17) is 10.5 Å². The lowest BCUT2D eigenvalue weighted by molar-refractivity contribution is 0.337. The molecule has 0 saturated heterocycles. The highest BCUT2D eigenvalue weighted by molar-refractivity contribution is 5.83. The van der Waals surface area contributed by atoms with Gasteiger partial charge in [0.15, 0.2) is 0 Å². The van der Waals surface area contributed by atoms with Crippen molar-refractivity contribution in [2.24, 2.45) is 0 Å². The predicted molar refractivity (Wildman–Crippen MR) is 58.6 cm³/mol. The largest absolute Gasteiger partial charge is 0.675 e. The SMILES string of the molecule is [NH-]CCOc1ccc2ccccc2c1. The molecule has 14 heavy (non-hydrogen) atoms. The molecule has 72 valence electrons. The van der Waals surface area contributed by atoms with E-state index in [1.165, 1.54) is 10.8 Å². The second-order valence-corrected chi connectivity index (χ2v) is 3.11. The molecule has 2 nitrogen and oxygen atoms in total. The Labute approximate surface area is 83.3 Å². The van der Waals surface area contributed by atoms with Crippen LogP contribution >= 0.6 is 0 Å². The Kier molecular flexibility index (Phi) is 2.65. The molecular formula is C12H12NO-. The van der Waals surface area contributed by atoms with Gasteiger partial charge in [-0.15, -0.1) is 6.54 Å². The molecule has 0 amide bonds. The van der Waals surface area contributed by atoms with Crippen LogP contribution in [0, 0.1) is 0 Å². The second-order valence-electron chi connectivity index (χ2n) is 3.11. The Bertz CT molecular complexity index is 425. The van der Waals surface area contributed by atoms with E-state index in [9.17, 15) is 0 Å². The standard InChI is InChI=1S/C12H12NO/c13-7-8-14-12-6-5-10-3-1-2-4-11(10)9-12/h1-6,9,13H,7-8H2/q-1. The van der Waals surface area contributed by atoms with Crippen LogP contribution in [-0.2, 0) is 0 Å². The molecule has 0 heterocycles. The quantitative estimate of drug-likeness (QED) is 0.724. The Balaban J connectivity index is 2.32. The minimum absolute atomic E-state index is 0.298. The van der Waals surface area contributed by atoms with Crippen molar-refractivity contribution in [1.29, 1.82) is 0 Å². The zero-order valence-electron chi connectivity index (χ0n) is 7.86. The molecule has 2 heteroatoms. The Morgan fingerprint density at radius 3 is 2.57 bits per heavy atom. The maximum absolute atomic E-state index is 6.99. The van der Waals surface area contributed by atoms with Gasteiger partial charge in [-0.05, 0) is 22.9 Å². The highest BCUT2D eigenvalue weighted by atomic mass is 16.5. The van der Waals surface area contributed by atoms with Crippen LogP contribution in [0.1, 0.15) is 0 Å². The van der Waals surface area contributed by atoms with E-state index >= 15 is 0 Å². The van der Waals surface area contributed by atoms with E-state index in [0.29, 0.717) is 13.2 Å². The van der Waals surface area contributed by atoms with Gasteiger partial charge in [0.1, 0.15) is 5.75 Å². The molecule has 1 N–H and O–H groups in total. The Morgan fingerprint density at radius 2 is 1.79 bits per heavy atom. The van der Waals surface area contributed by atoms with Crippen LogP contribution in [0.5, 0.6) is 5.75 Å². The van der Waals surface area contributed by atoms with Crippen LogP contribution in [0.15, 0.2) is 42.5 Å². The molecule has 0 radical (unpaired) electrons. The highest BCUT2D eigenvalue weighted by Crippen LogP contribution is 2.20. The van der Waals surface area contributed by atoms with Crippen molar-refractivity contribution in [3.8, 4) is 5.75 Å². The van der Waals surface area contributed by atoms with Gasteiger partial charge in [-0.1, -0.05) is 30.3 Å². The number of nitrogens with one attached hydrogen (secondary N) is 1. The molecule has 0 aliphatic heterocycles. The topological polar surface area (TPSA) is 33.0 Å². The molecule has 0 bridgehead atoms. The average Bonchev–Trinajstić information content (AvgIpc) is 2.26. The van der Waals surface area contributed by atoms with Gasteiger partial charge < -0.3 is 10.5 Å². The molecule has 2 aromatic carbocycles. The molecule has 0 unspecified atom stereocenters. The van der Waals surface area contributed by atoms with Crippen molar-refractivity contribution >= 4 is 10.8 Å². The number of fused-ring (bicyclic) bond motifs is 1. The summed E-state index contributed by atoms with van der Waals surface area (Å²) < 4.78 is 5.38. The molecular weight excluding hydrogens is 174 g/mol. The first kappa shape index (κ1) is 9.03. The number of hydrogen-bond donors (Lipinski definition) is 0. The van der Waals surface area contributed by atoms with Gasteiger partial charge in [0, 0.05) is 0 Å². The van der Waals surface area contributed by atoms with Crippen LogP contribution in [-0.4, -0.2) is 13.2 Å². The van der Waals surface area contributed by atoms with E-state index in [1.807, 2.05) is 30.3 Å². The minimum Gasteiger partial charge on any atom is -0.675 e. The van der Waals surface area contributed by atoms with Crippen molar-refractivity contribution in [2.75, 3.05) is 13.2 Å². The van der Waals surface area contributed by atoms with Gasteiger partial charge >= 0.3 is 0 Å². The number of rotatable bonds is 3. The Morgan fingerprint density at radius 1 is 1.00 bits per heavy atom. The number of ether oxygens (including phenoxy) is 1. The molecule has 0 aliphatic rings. The summed E-state index contributed by atoms with van der Waals surface area (Å²) in [6.07, 6.45) is 0. The van der Waals surface area contributed by atoms with Crippen LogP contribution in [0.2, 0.25) is 0 Å². The van der Waals surface area contributed by atoms with E-state index in [1.54, 1.807) is 0 Å². The molecule has 0 spiro atoms. The zero-order valence-corrected chi connectivity index (χ0v) is 7.86. The van der Waals surface area contributed by atoms with Gasteiger partial charge in [-0.25, -0.2) is 0 Å². The second kappa shape index (κ2) is 4.11. The van der Waals surface area contributed by atoms with Gasteiger partial charge in [0.05, 0.1) is 6.61 Å². The van der Waals surface area contributed by atoms with Gasteiger partial charge in [0.25, 0.3) is 0 Å². The van der Waals surface area contributed by atoms with Gasteiger partial charge in [0.2, 0.25) is 0 Å². The smallest absolute Gasteiger partial charge is 0.119 e. The maximum atomic E-state index is 6.99. The van der Waals surface area contributed by atoms with Crippen LogP contribution in [0.3, 0.4) is 0 Å². The van der Waals surface area contributed by atoms with Crippen molar-refractivity contribution in [3.63, 3.8) is 0 Å². The fourth-order valence-electron chi connectivity index (χ4n) is 1.43. The molecule has 0 saturated carbocycles. The molecule has 2 aromatic rings. The van der Waals surface area contributed by atoms with E-state index in [0.717, 1.165) is 5.75 Å². The van der Waals surface area contributed by atoms with E-state index < -0.39 is 0 Å². The fourth-order valence-corrected chi connectivity index (χ4v) is 1.43. The normalized spacial score (nSPS) is 10.4. The molecule has 0 atom stereocenters. The third kappa shape index (κ3) is 1.86. The molecule has 0 fully saturated rings. The minimum atomic E-state index is 0.298. The summed E-state index contributed by atoms with van der Waals surface area (Å²) in [5.74, 6) is 0.843. The lowest BCUT2D eigenvalue weighted by Crippen LogP contribution is -1.98. The summed E-state index contributed by atoms with van der Waals surface area (Å²) in [6.45, 7) is 0.755. The lowest BCUT2D eigenvalue weighted by atomic mass is 10.1. The lowest BCUT2D eigenvalue weighted by Gasteiger charge is -2.07. The van der Waals surface area contributed by atoms with Crippen LogP contribution < -0.4 is 4.74 Å². The zero-order chi connectivity index (χ0) is 9.80. The fraction of sp³-hybridized carbons (Fsp3) is 0.167. The maximum Gasteiger partial charge on any atom is 0.119 e. The highest BCUT2D eigenvalue weighted by Gasteiger charge is 1.94. The first-order chi connectivity index (χ1) is 6.90. The summed E-state index contributed by atoms with van der Waals surface area (Å²) >= 11 is 0. The van der Waals surface area contributed by atoms with Crippen LogP contribution in [0.4, 0.5) is 0 Å². The van der Waals surface area contributed by atoms with E-state index in [-0.39, 0.29) is 0 Å². The van der Waals surface area contributed by atoms with Crippen LogP contribution in [0.25, 0.3) is 16.5 Å². The summed E-state index contributed by atoms with van der Waals surface area (Å²) in [7, 11) is 0. The predicted octanol–water partition coefficient (Wildman–Crippen LogP) is 3.27. The third-order valence-electron chi connectivity index (χ3n) is 2.09. The summed E-state index contributed by atoms with van der Waals surface area (Å²) in [5.41, 5.74) is 6.99. The van der Waals surface area contributed by atoms with Crippen molar-refractivity contribution < 1.29 is 4.74 Å². The third-order valence-corrected chi connectivity index (χ3v) is 2.09. The van der Waals surface area contributed by atoms with Crippen molar-refractivity contribution in [1.82, 2.24) is 0 Å². The van der Waals surface area contributed by atoms with Crippen molar-refractivity contribution in [2.45, 2.75) is 0 Å². The summed E-state index contributed by atoms with van der Waals surface area (Å²) in [4.78, 5) is 0.